The molecule has 0 aromatic carbocycles. The average molecular weight is 281 g/mol. The highest BCUT2D eigenvalue weighted by molar-refractivity contribution is 5.54. The van der Waals surface area contributed by atoms with Gasteiger partial charge in [-0.3, -0.25) is 0 Å². The number of anilines is 2. The summed E-state index contributed by atoms with van der Waals surface area (Å²) in [4.78, 5) is 6.54. The smallest absolute Gasteiger partial charge is 0.239 e. The first-order chi connectivity index (χ1) is 9.58. The van der Waals surface area contributed by atoms with Gasteiger partial charge in [-0.1, -0.05) is 27.2 Å². The van der Waals surface area contributed by atoms with Crippen molar-refractivity contribution in [1.82, 2.24) is 4.98 Å². The number of hydrogen-bond donors (Lipinski definition) is 2. The number of nitrogen functional groups attached to an aromatic ring is 1. The summed E-state index contributed by atoms with van der Waals surface area (Å²) in [7, 11) is 0. The second kappa shape index (κ2) is 8.64. The lowest BCUT2D eigenvalue weighted by Crippen LogP contribution is -2.28. The molecule has 0 atom stereocenters. The lowest BCUT2D eigenvalue weighted by atomic mass is 10.2. The Morgan fingerprint density at radius 2 is 2.10 bits per heavy atom. The highest BCUT2D eigenvalue weighted by atomic mass is 16.5. The van der Waals surface area contributed by atoms with Crippen LogP contribution in [0.4, 0.5) is 11.5 Å². The lowest BCUT2D eigenvalue weighted by molar-refractivity contribution is 0.262. The van der Waals surface area contributed by atoms with Crippen molar-refractivity contribution in [2.75, 3.05) is 36.9 Å². The minimum Gasteiger partial charge on any atom is -0.476 e. The van der Waals surface area contributed by atoms with Gasteiger partial charge in [-0.15, -0.1) is 0 Å². The van der Waals surface area contributed by atoms with Gasteiger partial charge in [-0.25, -0.2) is 0 Å². The zero-order valence-electron chi connectivity index (χ0n) is 12.8. The number of hydrogen-bond acceptors (Lipinski definition) is 5. The summed E-state index contributed by atoms with van der Waals surface area (Å²) in [5, 5.41) is 9.17. The van der Waals surface area contributed by atoms with Gasteiger partial charge in [0.15, 0.2) is 0 Å². The number of nitrogens with zero attached hydrogens (tertiary/aromatic N) is 2. The summed E-state index contributed by atoms with van der Waals surface area (Å²) >= 11 is 0. The molecule has 0 aliphatic rings. The van der Waals surface area contributed by atoms with Crippen molar-refractivity contribution in [3.63, 3.8) is 0 Å². The Morgan fingerprint density at radius 3 is 2.70 bits per heavy atom. The van der Waals surface area contributed by atoms with Crippen LogP contribution >= 0.6 is 0 Å². The minimum absolute atomic E-state index is 0.109. The van der Waals surface area contributed by atoms with E-state index in [-0.39, 0.29) is 6.61 Å². The average Bonchev–Trinajstić information content (AvgIpc) is 2.42. The normalized spacial score (nSPS) is 10.8. The minimum atomic E-state index is 0.109. The van der Waals surface area contributed by atoms with Crippen molar-refractivity contribution in [3.05, 3.63) is 12.1 Å². The molecule has 0 amide bonds. The van der Waals surface area contributed by atoms with Crippen LogP contribution in [-0.4, -0.2) is 36.4 Å². The van der Waals surface area contributed by atoms with Gasteiger partial charge in [0, 0.05) is 13.1 Å². The van der Waals surface area contributed by atoms with Crippen molar-refractivity contribution >= 4 is 11.5 Å². The molecule has 1 aromatic heterocycles. The second-order valence-corrected chi connectivity index (χ2v) is 5.33. The maximum atomic E-state index is 9.17. The van der Waals surface area contributed by atoms with Gasteiger partial charge in [0.25, 0.3) is 0 Å². The molecule has 1 rings (SSSR count). The first kappa shape index (κ1) is 16.6. The molecule has 1 aromatic rings. The van der Waals surface area contributed by atoms with Gasteiger partial charge in [0.1, 0.15) is 5.82 Å². The molecule has 0 unspecified atom stereocenters. The summed E-state index contributed by atoms with van der Waals surface area (Å²) in [6.45, 7) is 8.45. The van der Waals surface area contributed by atoms with Crippen LogP contribution in [0.2, 0.25) is 0 Å². The fourth-order valence-electron chi connectivity index (χ4n) is 1.79. The van der Waals surface area contributed by atoms with Crippen molar-refractivity contribution in [2.24, 2.45) is 5.92 Å². The van der Waals surface area contributed by atoms with Crippen molar-refractivity contribution < 1.29 is 9.84 Å². The highest BCUT2D eigenvalue weighted by Crippen LogP contribution is 2.23. The molecule has 3 N–H and O–H groups in total. The Kier molecular flexibility index (Phi) is 7.15. The lowest BCUT2D eigenvalue weighted by Gasteiger charge is -2.23. The third-order valence-electron chi connectivity index (χ3n) is 2.90. The van der Waals surface area contributed by atoms with E-state index >= 15 is 0 Å². The molecular weight excluding hydrogens is 254 g/mol. The number of pyridine rings is 1. The number of rotatable bonds is 9. The maximum absolute atomic E-state index is 9.17. The van der Waals surface area contributed by atoms with Crippen molar-refractivity contribution in [3.8, 4) is 5.88 Å². The molecule has 0 bridgehead atoms. The van der Waals surface area contributed by atoms with Crippen LogP contribution < -0.4 is 15.4 Å². The van der Waals surface area contributed by atoms with Crippen LogP contribution in [0.1, 0.15) is 33.6 Å². The molecule has 0 spiro atoms. The van der Waals surface area contributed by atoms with Gasteiger partial charge in [-0.2, -0.15) is 4.98 Å². The monoisotopic (exact) mass is 281 g/mol. The van der Waals surface area contributed by atoms with Gasteiger partial charge in [-0.05, 0) is 24.5 Å². The number of aliphatic hydroxyl groups is 1. The Morgan fingerprint density at radius 1 is 1.35 bits per heavy atom. The van der Waals surface area contributed by atoms with E-state index in [0.717, 1.165) is 25.2 Å². The molecule has 20 heavy (non-hydrogen) atoms. The molecule has 5 nitrogen and oxygen atoms in total. The van der Waals surface area contributed by atoms with E-state index < -0.39 is 0 Å². The van der Waals surface area contributed by atoms with Crippen LogP contribution in [-0.2, 0) is 0 Å². The summed E-state index contributed by atoms with van der Waals surface area (Å²) in [5.41, 5.74) is 6.44. The van der Waals surface area contributed by atoms with Crippen molar-refractivity contribution in [2.45, 2.75) is 33.6 Å². The molecule has 5 heteroatoms. The maximum Gasteiger partial charge on any atom is 0.239 e. The largest absolute Gasteiger partial charge is 0.476 e. The number of unbranched alkanes of at least 4 members (excludes halogenated alkanes) is 1. The van der Waals surface area contributed by atoms with Crippen LogP contribution in [0.3, 0.4) is 0 Å². The van der Waals surface area contributed by atoms with Gasteiger partial charge < -0.3 is 20.5 Å². The fraction of sp³-hybridized carbons (Fsp3) is 0.667. The van der Waals surface area contributed by atoms with E-state index in [9.17, 15) is 5.11 Å². The first-order valence-electron chi connectivity index (χ1n) is 7.33. The Hall–Kier alpha value is -1.49. The van der Waals surface area contributed by atoms with E-state index in [4.69, 9.17) is 10.5 Å². The summed E-state index contributed by atoms with van der Waals surface area (Å²) in [5.74, 6) is 1.71. The number of aliphatic hydroxyl groups excluding tert-OH is 1. The molecular formula is C15H27N3O2. The van der Waals surface area contributed by atoms with Crippen LogP contribution in [0.15, 0.2) is 12.1 Å². The summed E-state index contributed by atoms with van der Waals surface area (Å²) in [6.07, 6.45) is 2.17. The number of aromatic nitrogens is 1. The zero-order valence-corrected chi connectivity index (χ0v) is 12.8. The molecule has 0 saturated heterocycles. The molecule has 0 fully saturated rings. The highest BCUT2D eigenvalue weighted by Gasteiger charge is 2.11. The second-order valence-electron chi connectivity index (χ2n) is 5.33. The quantitative estimate of drug-likeness (QED) is 0.726. The third kappa shape index (κ3) is 5.25. The van der Waals surface area contributed by atoms with E-state index in [2.05, 4.69) is 30.7 Å². The van der Waals surface area contributed by atoms with Crippen molar-refractivity contribution in [1.29, 1.82) is 0 Å². The predicted molar refractivity (Wildman–Crippen MR) is 83.2 cm³/mol. The molecule has 114 valence electrons. The Labute approximate surface area is 121 Å². The Balaban J connectivity index is 2.83. The summed E-state index contributed by atoms with van der Waals surface area (Å²) in [6, 6.07) is 3.69. The van der Waals surface area contributed by atoms with E-state index in [1.54, 1.807) is 0 Å². The van der Waals surface area contributed by atoms with Crippen LogP contribution in [0, 0.1) is 5.92 Å². The molecule has 0 radical (unpaired) electrons. The predicted octanol–water partition coefficient (Wildman–Crippen LogP) is 2.30. The molecule has 0 aliphatic heterocycles. The third-order valence-corrected chi connectivity index (χ3v) is 2.90. The van der Waals surface area contributed by atoms with Gasteiger partial charge in [0.2, 0.25) is 5.88 Å². The molecule has 0 aliphatic carbocycles. The summed E-state index contributed by atoms with van der Waals surface area (Å²) < 4.78 is 5.65. The molecule has 0 saturated carbocycles. The zero-order chi connectivity index (χ0) is 15.0. The molecule has 1 heterocycles. The standard InChI is InChI=1S/C15H27N3O2/c1-4-5-8-18(9-10-19)14-7-6-13(16)15(17-14)20-11-12(2)3/h6-7,12,19H,4-5,8-11,16H2,1-3H3. The van der Waals surface area contributed by atoms with E-state index in [1.807, 2.05) is 12.1 Å². The first-order valence-corrected chi connectivity index (χ1v) is 7.33. The van der Waals surface area contributed by atoms with E-state index in [1.165, 1.54) is 0 Å². The fourth-order valence-corrected chi connectivity index (χ4v) is 1.79. The van der Waals surface area contributed by atoms with E-state index in [0.29, 0.717) is 30.6 Å². The van der Waals surface area contributed by atoms with Gasteiger partial charge >= 0.3 is 0 Å². The SMILES string of the molecule is CCCCN(CCO)c1ccc(N)c(OCC(C)C)n1. The Bertz CT molecular complexity index is 397. The van der Waals surface area contributed by atoms with Crippen LogP contribution in [0.25, 0.3) is 0 Å². The van der Waals surface area contributed by atoms with Crippen LogP contribution in [0.5, 0.6) is 5.88 Å². The number of nitrogens with two attached hydrogens (primary N) is 1. The topological polar surface area (TPSA) is 71.6 Å². The number of ether oxygens (including phenoxy) is 1. The van der Waals surface area contributed by atoms with Gasteiger partial charge in [0.05, 0.1) is 18.9 Å².